The topological polar surface area (TPSA) is 129 Å². The van der Waals surface area contributed by atoms with E-state index in [1.54, 1.807) is 0 Å². The first-order chi connectivity index (χ1) is 9.52. The largest absolute Gasteiger partial charge is 0.481 e. The van der Waals surface area contributed by atoms with Crippen LogP contribution < -0.4 is 0 Å². The third-order valence-corrected chi connectivity index (χ3v) is 4.29. The van der Waals surface area contributed by atoms with Gasteiger partial charge in [0.1, 0.15) is 0 Å². The molecule has 0 aliphatic rings. The molecule has 0 aromatic carbocycles. The molecule has 0 aliphatic heterocycles. The van der Waals surface area contributed by atoms with Crippen LogP contribution in [0.15, 0.2) is 0 Å². The number of unbranched alkanes of at least 4 members (excludes halogenated alkanes) is 3. The van der Waals surface area contributed by atoms with Gasteiger partial charge >= 0.3 is 89.0 Å². The third kappa shape index (κ3) is 16.1. The Hall–Kier alpha value is -0.150. The van der Waals surface area contributed by atoms with Crippen LogP contribution in [0.4, 0.5) is 0 Å². The van der Waals surface area contributed by atoms with Crippen LogP contribution in [-0.4, -0.2) is 68.3 Å². The Kier molecular flexibility index (Phi) is 13.7. The maximum Gasteiger partial charge on any atom is 0.325 e. The molecule has 120 valence electrons. The van der Waals surface area contributed by atoms with E-state index in [0.717, 1.165) is 3.17 Å². The molecule has 0 bridgehead atoms. The van der Waals surface area contributed by atoms with E-state index in [1.165, 1.54) is 60.0 Å². The Morgan fingerprint density at radius 1 is 1.14 bits per heavy atom. The summed E-state index contributed by atoms with van der Waals surface area (Å²) < 4.78 is 29.7. The van der Waals surface area contributed by atoms with Crippen molar-refractivity contribution in [2.24, 2.45) is 0 Å². The van der Waals surface area contributed by atoms with Crippen LogP contribution in [0.3, 0.4) is 0 Å². The maximum atomic E-state index is 10.2. The van der Waals surface area contributed by atoms with Gasteiger partial charge in [-0.2, -0.15) is 8.42 Å². The van der Waals surface area contributed by atoms with Crippen molar-refractivity contribution in [2.45, 2.75) is 60.8 Å². The van der Waals surface area contributed by atoms with Crippen molar-refractivity contribution in [1.82, 2.24) is 0 Å². The van der Waals surface area contributed by atoms with E-state index in [0.29, 0.717) is 0 Å². The number of hydrogen-bond donors (Lipinski definition) is 3. The first-order valence-electron chi connectivity index (χ1n) is 6.93. The Balaban J connectivity index is 0. The van der Waals surface area contributed by atoms with E-state index in [1.807, 2.05) is 0 Å². The van der Waals surface area contributed by atoms with Crippen LogP contribution in [0.25, 0.3) is 0 Å². The molecule has 9 heteroatoms. The Morgan fingerprint density at radius 3 is 1.90 bits per heavy atom. The van der Waals surface area contributed by atoms with E-state index < -0.39 is 33.7 Å². The monoisotopic (exact) mass is 334 g/mol. The SMILES string of the molecule is CCCCCC[CH](C)[Na].O=C(O)CC(C(=O)O)S(=O)(=O)O. The number of rotatable bonds is 9. The minimum absolute atomic E-state index is 1.04. The predicted molar refractivity (Wildman–Crippen MR) is 79.2 cm³/mol. The minimum Gasteiger partial charge on any atom is -0.481 e. The number of carboxylic acid groups (broad SMARTS) is 2. The van der Waals surface area contributed by atoms with E-state index >= 15 is 0 Å². The summed E-state index contributed by atoms with van der Waals surface area (Å²) >= 11 is 1.39. The molecular weight excluding hydrogens is 311 g/mol. The van der Waals surface area contributed by atoms with Gasteiger partial charge in [-0.25, -0.2) is 0 Å². The second-order valence-electron chi connectivity index (χ2n) is 5.18. The van der Waals surface area contributed by atoms with Gasteiger partial charge < -0.3 is 10.2 Å². The number of aliphatic carboxylic acids is 2. The fourth-order valence-electron chi connectivity index (χ4n) is 1.46. The van der Waals surface area contributed by atoms with Gasteiger partial charge in [-0.1, -0.05) is 0 Å². The molecule has 0 rings (SSSR count). The molecule has 0 saturated carbocycles. The van der Waals surface area contributed by atoms with Crippen LogP contribution in [-0.2, 0) is 19.7 Å². The molecule has 7 nitrogen and oxygen atoms in total. The van der Waals surface area contributed by atoms with Gasteiger partial charge in [0.15, 0.2) is 5.25 Å². The van der Waals surface area contributed by atoms with Crippen LogP contribution in [0.5, 0.6) is 0 Å². The van der Waals surface area contributed by atoms with E-state index in [9.17, 15) is 18.0 Å². The van der Waals surface area contributed by atoms with Crippen molar-refractivity contribution in [3.05, 3.63) is 0 Å². The summed E-state index contributed by atoms with van der Waals surface area (Å²) in [5, 5.41) is 13.9. The molecule has 0 amide bonds. The first-order valence-corrected chi connectivity index (χ1v) is 9.59. The predicted octanol–water partition coefficient (Wildman–Crippen LogP) is 1.74. The van der Waals surface area contributed by atoms with Gasteiger partial charge in [-0.15, -0.1) is 0 Å². The third-order valence-electron chi connectivity index (χ3n) is 2.63. The van der Waals surface area contributed by atoms with Gasteiger partial charge in [0.2, 0.25) is 0 Å². The molecule has 2 unspecified atom stereocenters. The summed E-state index contributed by atoms with van der Waals surface area (Å²) in [5.41, 5.74) is 0. The molecular formula is C12H23NaO7S. The van der Waals surface area contributed by atoms with Gasteiger partial charge in [0.05, 0.1) is 6.42 Å². The second-order valence-corrected chi connectivity index (χ2v) is 8.75. The smallest absolute Gasteiger partial charge is 0.325 e. The van der Waals surface area contributed by atoms with Crippen molar-refractivity contribution in [2.75, 3.05) is 0 Å². The molecule has 21 heavy (non-hydrogen) atoms. The summed E-state index contributed by atoms with van der Waals surface area (Å²) in [4.78, 5) is 20.0. The van der Waals surface area contributed by atoms with E-state index in [2.05, 4.69) is 13.8 Å². The van der Waals surface area contributed by atoms with Crippen LogP contribution in [0.2, 0.25) is 3.17 Å². The fraction of sp³-hybridized carbons (Fsp3) is 0.833. The van der Waals surface area contributed by atoms with Crippen molar-refractivity contribution in [1.29, 1.82) is 0 Å². The molecule has 0 radical (unpaired) electrons. The second kappa shape index (κ2) is 12.4. The molecule has 0 saturated heterocycles. The number of carbonyl (C=O) groups is 2. The summed E-state index contributed by atoms with van der Waals surface area (Å²) in [6.07, 6.45) is 6.06. The molecule has 3 N–H and O–H groups in total. The quantitative estimate of drug-likeness (QED) is 0.333. The standard InChI is InChI=1S/C8H17.C4H6O7S.Na/c1-3-5-7-8-6-4-2;5-3(6)1-2(4(7)8)12(9,10)11;/h3H,4-8H2,1-2H3;2H,1H2,(H,5,6)(H,7,8)(H,9,10,11);. The molecule has 0 aromatic heterocycles. The fourth-order valence-corrected chi connectivity index (χ4v) is 2.47. The Morgan fingerprint density at radius 2 is 1.67 bits per heavy atom. The first kappa shape index (κ1) is 23.1. The van der Waals surface area contributed by atoms with Crippen LogP contribution in [0.1, 0.15) is 52.4 Å². The van der Waals surface area contributed by atoms with Crippen molar-refractivity contribution >= 4 is 50.0 Å². The van der Waals surface area contributed by atoms with Gasteiger partial charge in [0, 0.05) is 0 Å². The van der Waals surface area contributed by atoms with Crippen molar-refractivity contribution < 1.29 is 32.8 Å². The molecule has 0 fully saturated rings. The van der Waals surface area contributed by atoms with Crippen molar-refractivity contribution in [3.63, 3.8) is 0 Å². The minimum atomic E-state index is -4.84. The summed E-state index contributed by atoms with van der Waals surface area (Å²) in [6, 6.07) is 0. The summed E-state index contributed by atoms with van der Waals surface area (Å²) in [5.74, 6) is -3.50. The van der Waals surface area contributed by atoms with E-state index in [-0.39, 0.29) is 0 Å². The summed E-state index contributed by atoms with van der Waals surface area (Å²) in [6.45, 7) is 4.63. The van der Waals surface area contributed by atoms with Crippen LogP contribution in [0, 0.1) is 0 Å². The average molecular weight is 334 g/mol. The van der Waals surface area contributed by atoms with Gasteiger partial charge in [-0.3, -0.25) is 14.1 Å². The summed E-state index contributed by atoms with van der Waals surface area (Å²) in [7, 11) is -4.84. The van der Waals surface area contributed by atoms with E-state index in [4.69, 9.17) is 14.8 Å². The average Bonchev–Trinajstić information content (AvgIpc) is 2.30. The molecule has 2 atom stereocenters. The zero-order valence-electron chi connectivity index (χ0n) is 12.8. The number of hydrogen-bond acceptors (Lipinski definition) is 4. The zero-order valence-corrected chi connectivity index (χ0v) is 15.6. The molecule has 0 heterocycles. The van der Waals surface area contributed by atoms with Gasteiger partial charge in [-0.05, 0) is 0 Å². The zero-order chi connectivity index (χ0) is 17.1. The normalized spacial score (nSPS) is 13.8. The van der Waals surface area contributed by atoms with Gasteiger partial charge in [0.25, 0.3) is 10.1 Å². The maximum absolute atomic E-state index is 10.2. The number of carboxylic acids is 2. The molecule has 0 aromatic rings. The Labute approximate surface area is 143 Å². The Bertz CT molecular complexity index is 406. The van der Waals surface area contributed by atoms with Crippen LogP contribution >= 0.6 is 0 Å². The molecule has 0 aliphatic carbocycles. The molecule has 0 spiro atoms. The van der Waals surface area contributed by atoms with Crippen molar-refractivity contribution in [3.8, 4) is 0 Å².